The Morgan fingerprint density at radius 3 is 2.13 bits per heavy atom. The highest BCUT2D eigenvalue weighted by atomic mass is 16.5. The fraction of sp³-hybridized carbons (Fsp3) is 0.360. The minimum Gasteiger partial charge on any atom is -0.491 e. The standard InChI is InChI=1S/C25H29N3O3/c1-17(2)31-20-11-9-19(10-12-20)22-23(27-15-13-26(4)14-16-27)25(30)28(24(22)29)21-8-6-5-7-18(21)3/h5-12,17H,13-16H2,1-4H3. The van der Waals surface area contributed by atoms with Gasteiger partial charge in [-0.3, -0.25) is 9.59 Å². The molecule has 31 heavy (non-hydrogen) atoms. The summed E-state index contributed by atoms with van der Waals surface area (Å²) < 4.78 is 5.75. The number of imide groups is 1. The number of aryl methyl sites for hydroxylation is 1. The summed E-state index contributed by atoms with van der Waals surface area (Å²) in [7, 11) is 2.07. The van der Waals surface area contributed by atoms with Crippen LogP contribution in [0.15, 0.2) is 54.2 Å². The van der Waals surface area contributed by atoms with Crippen molar-refractivity contribution in [2.75, 3.05) is 38.1 Å². The van der Waals surface area contributed by atoms with Crippen LogP contribution in [-0.2, 0) is 9.59 Å². The Morgan fingerprint density at radius 2 is 1.52 bits per heavy atom. The summed E-state index contributed by atoms with van der Waals surface area (Å²) in [5.41, 5.74) is 3.23. The Balaban J connectivity index is 1.77. The molecule has 4 rings (SSSR count). The van der Waals surface area contributed by atoms with E-state index in [0.717, 1.165) is 30.0 Å². The first-order chi connectivity index (χ1) is 14.9. The molecule has 0 spiro atoms. The Kier molecular flexibility index (Phi) is 5.83. The molecule has 0 bridgehead atoms. The Morgan fingerprint density at radius 1 is 0.871 bits per heavy atom. The SMILES string of the molecule is Cc1ccccc1N1C(=O)C(c2ccc(OC(C)C)cc2)=C(N2CCN(C)CC2)C1=O. The number of carbonyl (C=O) groups is 2. The van der Waals surface area contributed by atoms with E-state index in [-0.39, 0.29) is 17.9 Å². The monoisotopic (exact) mass is 419 g/mol. The summed E-state index contributed by atoms with van der Waals surface area (Å²) in [5, 5.41) is 0. The minimum absolute atomic E-state index is 0.0669. The van der Waals surface area contributed by atoms with Crippen LogP contribution in [0.3, 0.4) is 0 Å². The van der Waals surface area contributed by atoms with E-state index in [9.17, 15) is 9.59 Å². The van der Waals surface area contributed by atoms with Gasteiger partial charge in [0.2, 0.25) is 0 Å². The molecule has 0 saturated carbocycles. The predicted octanol–water partition coefficient (Wildman–Crippen LogP) is 3.31. The number of benzene rings is 2. The fourth-order valence-electron chi connectivity index (χ4n) is 4.11. The number of para-hydroxylation sites is 1. The quantitative estimate of drug-likeness (QED) is 0.696. The van der Waals surface area contributed by atoms with Crippen LogP contribution in [0.2, 0.25) is 0 Å². The Hall–Kier alpha value is -3.12. The van der Waals surface area contributed by atoms with Gasteiger partial charge in [0.25, 0.3) is 11.8 Å². The molecule has 0 atom stereocenters. The van der Waals surface area contributed by atoms with Gasteiger partial charge in [0.1, 0.15) is 11.4 Å². The highest BCUT2D eigenvalue weighted by Crippen LogP contribution is 2.36. The third kappa shape index (κ3) is 4.08. The van der Waals surface area contributed by atoms with Gasteiger partial charge >= 0.3 is 0 Å². The van der Waals surface area contributed by atoms with Crippen LogP contribution in [0.4, 0.5) is 5.69 Å². The maximum absolute atomic E-state index is 13.6. The molecule has 1 fully saturated rings. The summed E-state index contributed by atoms with van der Waals surface area (Å²) in [5.74, 6) is 0.222. The molecule has 0 aliphatic carbocycles. The molecular weight excluding hydrogens is 390 g/mol. The van der Waals surface area contributed by atoms with Crippen LogP contribution in [0.25, 0.3) is 5.57 Å². The van der Waals surface area contributed by atoms with E-state index in [2.05, 4.69) is 16.8 Å². The molecule has 2 aromatic carbocycles. The van der Waals surface area contributed by atoms with Crippen molar-refractivity contribution < 1.29 is 14.3 Å². The molecule has 2 aliphatic heterocycles. The molecule has 162 valence electrons. The van der Waals surface area contributed by atoms with Gasteiger partial charge in [-0.1, -0.05) is 30.3 Å². The minimum atomic E-state index is -0.272. The van der Waals surface area contributed by atoms with Gasteiger partial charge in [-0.15, -0.1) is 0 Å². The van der Waals surface area contributed by atoms with Crippen LogP contribution in [0.1, 0.15) is 25.0 Å². The van der Waals surface area contributed by atoms with E-state index in [1.54, 1.807) is 0 Å². The van der Waals surface area contributed by atoms with Gasteiger partial charge < -0.3 is 14.5 Å². The van der Waals surface area contributed by atoms with Crippen molar-refractivity contribution in [2.24, 2.45) is 0 Å². The zero-order valence-corrected chi connectivity index (χ0v) is 18.6. The van der Waals surface area contributed by atoms with E-state index >= 15 is 0 Å². The lowest BCUT2D eigenvalue weighted by molar-refractivity contribution is -0.120. The van der Waals surface area contributed by atoms with Crippen molar-refractivity contribution in [1.29, 1.82) is 0 Å². The number of carbonyl (C=O) groups excluding carboxylic acids is 2. The molecule has 2 heterocycles. The fourth-order valence-corrected chi connectivity index (χ4v) is 4.11. The molecule has 2 aliphatic rings. The second-order valence-electron chi connectivity index (χ2n) is 8.44. The smallest absolute Gasteiger partial charge is 0.282 e. The molecule has 2 aromatic rings. The topological polar surface area (TPSA) is 53.1 Å². The van der Waals surface area contributed by atoms with Gasteiger partial charge in [-0.25, -0.2) is 4.90 Å². The first-order valence-electron chi connectivity index (χ1n) is 10.8. The average Bonchev–Trinajstić information content (AvgIpc) is 2.99. The zero-order valence-electron chi connectivity index (χ0n) is 18.6. The lowest BCUT2D eigenvalue weighted by Gasteiger charge is -2.34. The van der Waals surface area contributed by atoms with Crippen LogP contribution in [0, 0.1) is 6.92 Å². The molecule has 0 radical (unpaired) electrons. The van der Waals surface area contributed by atoms with Gasteiger partial charge in [0, 0.05) is 26.2 Å². The largest absolute Gasteiger partial charge is 0.491 e. The first kappa shape index (κ1) is 21.1. The van der Waals surface area contributed by atoms with Gasteiger partial charge in [0.05, 0.1) is 17.4 Å². The number of rotatable bonds is 5. The number of anilines is 1. The molecular formula is C25H29N3O3. The first-order valence-corrected chi connectivity index (χ1v) is 10.8. The second-order valence-corrected chi connectivity index (χ2v) is 8.44. The predicted molar refractivity (Wildman–Crippen MR) is 122 cm³/mol. The van der Waals surface area contributed by atoms with E-state index in [4.69, 9.17) is 4.74 Å². The number of ether oxygens (including phenoxy) is 1. The summed E-state index contributed by atoms with van der Waals surface area (Å²) in [6, 6.07) is 15.0. The van der Waals surface area contributed by atoms with Crippen LogP contribution < -0.4 is 9.64 Å². The maximum atomic E-state index is 13.6. The zero-order chi connectivity index (χ0) is 22.1. The van der Waals surface area contributed by atoms with Crippen molar-refractivity contribution in [3.8, 4) is 5.75 Å². The van der Waals surface area contributed by atoms with Crippen LogP contribution in [-0.4, -0.2) is 60.9 Å². The average molecular weight is 420 g/mol. The number of likely N-dealkylation sites (N-methyl/N-ethyl adjacent to an activating group) is 1. The highest BCUT2D eigenvalue weighted by molar-refractivity contribution is 6.45. The molecule has 6 heteroatoms. The van der Waals surface area contributed by atoms with Crippen LogP contribution >= 0.6 is 0 Å². The van der Waals surface area contributed by atoms with E-state index in [0.29, 0.717) is 30.0 Å². The van der Waals surface area contributed by atoms with Gasteiger partial charge in [-0.05, 0) is 57.1 Å². The van der Waals surface area contributed by atoms with Crippen molar-refractivity contribution in [2.45, 2.75) is 26.9 Å². The molecule has 6 nitrogen and oxygen atoms in total. The van der Waals surface area contributed by atoms with E-state index in [1.807, 2.05) is 69.3 Å². The number of piperazine rings is 1. The maximum Gasteiger partial charge on any atom is 0.282 e. The third-order valence-electron chi connectivity index (χ3n) is 5.75. The number of nitrogens with zero attached hydrogens (tertiary/aromatic N) is 3. The van der Waals surface area contributed by atoms with Crippen molar-refractivity contribution in [1.82, 2.24) is 9.80 Å². The molecule has 0 N–H and O–H groups in total. The summed E-state index contributed by atoms with van der Waals surface area (Å²) >= 11 is 0. The highest BCUT2D eigenvalue weighted by Gasteiger charge is 2.43. The van der Waals surface area contributed by atoms with Crippen molar-refractivity contribution in [3.05, 3.63) is 65.4 Å². The Labute approximate surface area is 183 Å². The summed E-state index contributed by atoms with van der Waals surface area (Å²) in [4.78, 5) is 32.9. The summed E-state index contributed by atoms with van der Waals surface area (Å²) in [6.45, 7) is 8.99. The van der Waals surface area contributed by atoms with E-state index in [1.165, 1.54) is 4.90 Å². The second kappa shape index (κ2) is 8.55. The molecule has 0 aromatic heterocycles. The van der Waals surface area contributed by atoms with Crippen molar-refractivity contribution >= 4 is 23.1 Å². The third-order valence-corrected chi connectivity index (χ3v) is 5.75. The van der Waals surface area contributed by atoms with Crippen LogP contribution in [0.5, 0.6) is 5.75 Å². The van der Waals surface area contributed by atoms with Gasteiger partial charge in [-0.2, -0.15) is 0 Å². The number of amides is 2. The Bertz CT molecular complexity index is 1020. The molecule has 0 unspecified atom stereocenters. The normalized spacial score (nSPS) is 17.8. The molecule has 1 saturated heterocycles. The molecule has 2 amide bonds. The lowest BCUT2D eigenvalue weighted by Crippen LogP contribution is -2.46. The van der Waals surface area contributed by atoms with Gasteiger partial charge in [0.15, 0.2) is 0 Å². The lowest BCUT2D eigenvalue weighted by atomic mass is 10.0. The summed E-state index contributed by atoms with van der Waals surface area (Å²) in [6.07, 6.45) is 0.0669. The number of hydrogen-bond acceptors (Lipinski definition) is 5. The number of hydrogen-bond donors (Lipinski definition) is 0. The van der Waals surface area contributed by atoms with E-state index < -0.39 is 0 Å². The van der Waals surface area contributed by atoms with Crippen molar-refractivity contribution in [3.63, 3.8) is 0 Å².